The zero-order valence-electron chi connectivity index (χ0n) is 14.3. The first-order valence-corrected chi connectivity index (χ1v) is 8.43. The monoisotopic (exact) mass is 323 g/mol. The topological polar surface area (TPSA) is 39.1 Å². The van der Waals surface area contributed by atoms with Gasteiger partial charge < -0.3 is 14.7 Å². The van der Waals surface area contributed by atoms with Gasteiger partial charge in [0, 0.05) is 24.0 Å². The van der Waals surface area contributed by atoms with Gasteiger partial charge in [0.15, 0.2) is 0 Å². The zero-order chi connectivity index (χ0) is 17.5. The van der Waals surface area contributed by atoms with Crippen LogP contribution in [0.2, 0.25) is 6.32 Å². The second-order valence-electron chi connectivity index (χ2n) is 5.94. The van der Waals surface area contributed by atoms with Crippen LogP contribution in [0.3, 0.4) is 0 Å². The molecule has 2 rings (SSSR count). The van der Waals surface area contributed by atoms with Crippen molar-refractivity contribution in [2.24, 2.45) is 4.99 Å². The fourth-order valence-electron chi connectivity index (χ4n) is 3.42. The Labute approximate surface area is 145 Å². The lowest BCUT2D eigenvalue weighted by molar-refractivity contribution is 0.427. The first-order valence-electron chi connectivity index (χ1n) is 8.43. The van der Waals surface area contributed by atoms with Gasteiger partial charge in [0.25, 0.3) is 0 Å². The predicted molar refractivity (Wildman–Crippen MR) is 104 cm³/mol. The van der Waals surface area contributed by atoms with Crippen LogP contribution in [0.15, 0.2) is 79.0 Å². The fraction of sp³-hybridized carbons (Fsp3) is 0.316. The van der Waals surface area contributed by atoms with Crippen molar-refractivity contribution in [2.75, 3.05) is 6.54 Å². The summed E-state index contributed by atoms with van der Waals surface area (Å²) >= 11 is 0. The van der Waals surface area contributed by atoms with E-state index in [1.165, 1.54) is 25.5 Å². The Morgan fingerprint density at radius 3 is 2.54 bits per heavy atom. The Balaban J connectivity index is 2.63. The third-order valence-corrected chi connectivity index (χ3v) is 4.36. The molecule has 2 saturated heterocycles. The summed E-state index contributed by atoms with van der Waals surface area (Å²) in [5.41, 5.74) is 1.81. The molecule has 5 heteroatoms. The third-order valence-electron chi connectivity index (χ3n) is 4.36. The molecule has 1 N–H and O–H groups in total. The second kappa shape index (κ2) is 8.43. The summed E-state index contributed by atoms with van der Waals surface area (Å²) < 4.78 is 0. The quantitative estimate of drug-likeness (QED) is 0.615. The maximum atomic E-state index is 9.76. The minimum absolute atomic E-state index is 0.00812. The summed E-state index contributed by atoms with van der Waals surface area (Å²) in [6, 6.07) is 0. The number of aliphatic imine (C=N–C) groups is 1. The number of hydrogen-bond donors (Lipinski definition) is 1. The Bertz CT molecular complexity index is 618. The van der Waals surface area contributed by atoms with Gasteiger partial charge >= 0.3 is 6.98 Å². The van der Waals surface area contributed by atoms with Crippen LogP contribution in [0.5, 0.6) is 0 Å². The van der Waals surface area contributed by atoms with E-state index >= 15 is 0 Å². The van der Waals surface area contributed by atoms with Crippen LogP contribution in [0.4, 0.5) is 0 Å². The second-order valence-corrected chi connectivity index (χ2v) is 5.94. The van der Waals surface area contributed by atoms with Gasteiger partial charge in [-0.2, -0.15) is 0 Å². The molecule has 2 heterocycles. The van der Waals surface area contributed by atoms with E-state index in [-0.39, 0.29) is 12.7 Å². The van der Waals surface area contributed by atoms with E-state index in [2.05, 4.69) is 40.9 Å². The van der Waals surface area contributed by atoms with Crippen LogP contribution in [0.1, 0.15) is 25.7 Å². The molecule has 0 aliphatic carbocycles. The average Bonchev–Trinajstić information content (AvgIpc) is 2.52. The lowest BCUT2D eigenvalue weighted by Gasteiger charge is -2.46. The lowest BCUT2D eigenvalue weighted by Crippen LogP contribution is -2.58. The van der Waals surface area contributed by atoms with Crippen molar-refractivity contribution in [1.82, 2.24) is 9.62 Å². The SMILES string of the molecule is C=CC=C1/C(=C\C(=C)O)C(=NC=C)N(C=C)B2CCCCCCN21. The molecule has 0 radical (unpaired) electrons. The number of fused-ring (bicyclic) bond motifs is 1. The molecular weight excluding hydrogens is 297 g/mol. The van der Waals surface area contributed by atoms with E-state index in [9.17, 15) is 5.11 Å². The van der Waals surface area contributed by atoms with Crippen LogP contribution >= 0.6 is 0 Å². The van der Waals surface area contributed by atoms with Gasteiger partial charge in [-0.25, -0.2) is 4.99 Å². The fourth-order valence-corrected chi connectivity index (χ4v) is 3.42. The van der Waals surface area contributed by atoms with Gasteiger partial charge in [-0.15, -0.1) is 0 Å². The molecule has 0 atom stereocenters. The van der Waals surface area contributed by atoms with E-state index in [0.29, 0.717) is 0 Å². The van der Waals surface area contributed by atoms with Gasteiger partial charge in [-0.1, -0.05) is 51.7 Å². The normalized spacial score (nSPS) is 23.7. The highest BCUT2D eigenvalue weighted by Crippen LogP contribution is 2.33. The number of nitrogens with zero attached hydrogens (tertiary/aromatic N) is 3. The van der Waals surface area contributed by atoms with Crippen molar-refractivity contribution >= 4 is 12.8 Å². The Hall–Kier alpha value is -2.43. The highest BCUT2D eigenvalue weighted by atomic mass is 16.3. The smallest absolute Gasteiger partial charge is 0.380 e. The van der Waals surface area contributed by atoms with E-state index in [4.69, 9.17) is 0 Å². The highest BCUT2D eigenvalue weighted by Gasteiger charge is 2.40. The van der Waals surface area contributed by atoms with Crippen LogP contribution in [-0.4, -0.2) is 34.1 Å². The van der Waals surface area contributed by atoms with Crippen LogP contribution in [0.25, 0.3) is 0 Å². The van der Waals surface area contributed by atoms with Crippen LogP contribution in [-0.2, 0) is 0 Å². The largest absolute Gasteiger partial charge is 0.509 e. The third kappa shape index (κ3) is 3.73. The number of aliphatic hydroxyl groups is 1. The molecule has 126 valence electrons. The summed E-state index contributed by atoms with van der Waals surface area (Å²) in [6.45, 7) is 16.3. The molecule has 2 aliphatic rings. The molecule has 2 fully saturated rings. The van der Waals surface area contributed by atoms with E-state index < -0.39 is 0 Å². The predicted octanol–water partition coefficient (Wildman–Crippen LogP) is 4.42. The number of aliphatic hydroxyl groups excluding tert-OH is 1. The summed E-state index contributed by atoms with van der Waals surface area (Å²) in [6.07, 6.45) is 14.5. The standard InChI is InChI=1S/C19H26BN3O/c1-5-12-18-17(15-16(4)24)19(21-6-2)22(7-3)20-13-10-8-9-11-14-23(18)20/h5-7,12,15,24H,1-4,8-11,13-14H2/b17-15+,18-12?,21-19?. The van der Waals surface area contributed by atoms with E-state index in [0.717, 1.165) is 36.4 Å². The van der Waals surface area contributed by atoms with Gasteiger partial charge in [-0.3, -0.25) is 0 Å². The number of rotatable bonds is 4. The molecule has 0 spiro atoms. The molecule has 2 aliphatic heterocycles. The highest BCUT2D eigenvalue weighted by molar-refractivity contribution is 6.59. The summed E-state index contributed by atoms with van der Waals surface area (Å²) in [7, 11) is 0. The molecule has 4 nitrogen and oxygen atoms in total. The van der Waals surface area contributed by atoms with Crippen molar-refractivity contribution < 1.29 is 5.11 Å². The number of amidine groups is 1. The van der Waals surface area contributed by atoms with Gasteiger partial charge in [0.05, 0.1) is 0 Å². The molecule has 0 amide bonds. The van der Waals surface area contributed by atoms with Crippen LogP contribution in [0, 0.1) is 0 Å². The zero-order valence-corrected chi connectivity index (χ0v) is 14.3. The molecule has 0 aromatic heterocycles. The molecule has 0 aromatic rings. The van der Waals surface area contributed by atoms with E-state index in [1.807, 2.05) is 6.08 Å². The van der Waals surface area contributed by atoms with Gasteiger partial charge in [0.2, 0.25) is 0 Å². The molecule has 0 bridgehead atoms. The first-order chi connectivity index (χ1) is 11.6. The van der Waals surface area contributed by atoms with Crippen molar-refractivity contribution in [1.29, 1.82) is 0 Å². The maximum absolute atomic E-state index is 9.76. The maximum Gasteiger partial charge on any atom is 0.380 e. The molecule has 0 saturated carbocycles. The molecule has 0 aromatic carbocycles. The number of hydrogen-bond acceptors (Lipinski definition) is 3. The van der Waals surface area contributed by atoms with Gasteiger partial charge in [-0.05, 0) is 31.1 Å². The Morgan fingerprint density at radius 1 is 1.17 bits per heavy atom. The molecular formula is C19H26BN3O. The van der Waals surface area contributed by atoms with Crippen molar-refractivity contribution in [3.8, 4) is 0 Å². The van der Waals surface area contributed by atoms with Crippen molar-refractivity contribution in [3.05, 3.63) is 74.0 Å². The summed E-state index contributed by atoms with van der Waals surface area (Å²) in [4.78, 5) is 8.89. The minimum Gasteiger partial charge on any atom is -0.509 e. The Morgan fingerprint density at radius 2 is 1.92 bits per heavy atom. The summed E-state index contributed by atoms with van der Waals surface area (Å²) in [5, 5.41) is 9.76. The van der Waals surface area contributed by atoms with E-state index in [1.54, 1.807) is 18.4 Å². The molecule has 24 heavy (non-hydrogen) atoms. The van der Waals surface area contributed by atoms with Crippen molar-refractivity contribution in [2.45, 2.75) is 32.0 Å². The first kappa shape index (κ1) is 17.9. The summed E-state index contributed by atoms with van der Waals surface area (Å²) in [5.74, 6) is 0.719. The lowest BCUT2D eigenvalue weighted by atomic mass is 9.62. The minimum atomic E-state index is -0.00812. The van der Waals surface area contributed by atoms with Crippen molar-refractivity contribution in [3.63, 3.8) is 0 Å². The number of allylic oxidation sites excluding steroid dienone is 3. The molecule has 0 unspecified atom stereocenters. The Kier molecular flexibility index (Phi) is 6.30. The van der Waals surface area contributed by atoms with Crippen LogP contribution < -0.4 is 0 Å². The van der Waals surface area contributed by atoms with Gasteiger partial charge in [0.1, 0.15) is 11.6 Å². The average molecular weight is 323 g/mol.